The van der Waals surface area contributed by atoms with Gasteiger partial charge in [-0.1, -0.05) is 37.7 Å². The van der Waals surface area contributed by atoms with Gasteiger partial charge in [0.25, 0.3) is 0 Å². The van der Waals surface area contributed by atoms with Gasteiger partial charge in [0.2, 0.25) is 5.91 Å². The summed E-state index contributed by atoms with van der Waals surface area (Å²) in [5.74, 6) is 1.07. The van der Waals surface area contributed by atoms with E-state index < -0.39 is 0 Å². The molecule has 1 heterocycles. The highest BCUT2D eigenvalue weighted by Gasteiger charge is 2.07. The van der Waals surface area contributed by atoms with Crippen LogP contribution in [0.3, 0.4) is 0 Å². The number of rotatable bonds is 9. The van der Waals surface area contributed by atoms with Gasteiger partial charge in [0.1, 0.15) is 0 Å². The molecule has 120 valence electrons. The van der Waals surface area contributed by atoms with E-state index >= 15 is 0 Å². The number of carbonyl (C=O) groups is 1. The predicted octanol–water partition coefficient (Wildman–Crippen LogP) is 3.57. The largest absolute Gasteiger partial charge is 0.380 e. The van der Waals surface area contributed by atoms with Crippen molar-refractivity contribution in [3.63, 3.8) is 0 Å². The standard InChI is InChI=1S/C16H22N2O2S2/c1-12(2)7-9-20-10-8-17-15(19)11-21-16-18-13-5-3-4-6-14(13)22-16/h3-6,12H,7-11H2,1-2H3,(H,17,19). The third-order valence-electron chi connectivity index (χ3n) is 3.01. The van der Waals surface area contributed by atoms with Crippen LogP contribution in [0.15, 0.2) is 28.6 Å². The first-order valence-electron chi connectivity index (χ1n) is 7.48. The van der Waals surface area contributed by atoms with Crippen molar-refractivity contribution in [2.75, 3.05) is 25.5 Å². The summed E-state index contributed by atoms with van der Waals surface area (Å²) >= 11 is 3.11. The molecule has 22 heavy (non-hydrogen) atoms. The molecule has 0 saturated heterocycles. The molecular weight excluding hydrogens is 316 g/mol. The van der Waals surface area contributed by atoms with Gasteiger partial charge in [-0.25, -0.2) is 4.98 Å². The lowest BCUT2D eigenvalue weighted by Crippen LogP contribution is -2.28. The minimum atomic E-state index is 0.0247. The highest BCUT2D eigenvalue weighted by atomic mass is 32.2. The van der Waals surface area contributed by atoms with Crippen molar-refractivity contribution in [2.45, 2.75) is 24.6 Å². The summed E-state index contributed by atoms with van der Waals surface area (Å²) in [6, 6.07) is 8.01. The highest BCUT2D eigenvalue weighted by Crippen LogP contribution is 2.28. The third kappa shape index (κ3) is 5.94. The van der Waals surface area contributed by atoms with Gasteiger partial charge in [-0.2, -0.15) is 0 Å². The van der Waals surface area contributed by atoms with Crippen LogP contribution < -0.4 is 5.32 Å². The smallest absolute Gasteiger partial charge is 0.230 e. The zero-order valence-corrected chi connectivity index (χ0v) is 14.6. The minimum absolute atomic E-state index is 0.0247. The number of aromatic nitrogens is 1. The predicted molar refractivity (Wildman–Crippen MR) is 93.6 cm³/mol. The quantitative estimate of drug-likeness (QED) is 0.561. The number of benzene rings is 1. The number of thiazole rings is 1. The summed E-state index contributed by atoms with van der Waals surface area (Å²) in [5.41, 5.74) is 0.994. The Morgan fingerprint density at radius 3 is 2.95 bits per heavy atom. The van der Waals surface area contributed by atoms with Crippen LogP contribution in [0.25, 0.3) is 10.2 Å². The number of hydrogen-bond donors (Lipinski definition) is 1. The van der Waals surface area contributed by atoms with Crippen LogP contribution in [0.1, 0.15) is 20.3 Å². The summed E-state index contributed by atoms with van der Waals surface area (Å²) in [6.45, 7) is 6.24. The molecule has 1 aromatic carbocycles. The first-order chi connectivity index (χ1) is 10.6. The van der Waals surface area contributed by atoms with E-state index in [9.17, 15) is 4.79 Å². The molecule has 0 unspecified atom stereocenters. The van der Waals surface area contributed by atoms with E-state index in [4.69, 9.17) is 4.74 Å². The van der Waals surface area contributed by atoms with E-state index in [0.29, 0.717) is 24.8 Å². The summed E-state index contributed by atoms with van der Waals surface area (Å²) in [6.07, 6.45) is 1.06. The fraction of sp³-hybridized carbons (Fsp3) is 0.500. The van der Waals surface area contributed by atoms with Crippen LogP contribution in [0, 0.1) is 5.92 Å². The van der Waals surface area contributed by atoms with Gasteiger partial charge in [0, 0.05) is 13.2 Å². The lowest BCUT2D eigenvalue weighted by atomic mass is 10.1. The van der Waals surface area contributed by atoms with Gasteiger partial charge in [-0.05, 0) is 24.5 Å². The molecule has 0 aliphatic rings. The van der Waals surface area contributed by atoms with E-state index in [-0.39, 0.29) is 5.91 Å². The molecule has 0 aliphatic heterocycles. The van der Waals surface area contributed by atoms with Crippen molar-refractivity contribution in [1.29, 1.82) is 0 Å². The molecule has 2 aromatic rings. The maximum Gasteiger partial charge on any atom is 0.230 e. The molecule has 0 bridgehead atoms. The SMILES string of the molecule is CC(C)CCOCCNC(=O)CSc1nc2ccccc2s1. The topological polar surface area (TPSA) is 51.2 Å². The van der Waals surface area contributed by atoms with Crippen molar-refractivity contribution in [3.8, 4) is 0 Å². The summed E-state index contributed by atoms with van der Waals surface area (Å²) in [7, 11) is 0. The molecule has 4 nitrogen and oxygen atoms in total. The van der Waals surface area contributed by atoms with Gasteiger partial charge in [-0.3, -0.25) is 4.79 Å². The second-order valence-electron chi connectivity index (χ2n) is 5.38. The Labute approximate surface area is 139 Å². The molecule has 0 aliphatic carbocycles. The molecule has 0 spiro atoms. The van der Waals surface area contributed by atoms with Crippen LogP contribution in [-0.4, -0.2) is 36.4 Å². The minimum Gasteiger partial charge on any atom is -0.380 e. The number of amides is 1. The number of hydrogen-bond acceptors (Lipinski definition) is 5. The number of carbonyl (C=O) groups excluding carboxylic acids is 1. The maximum absolute atomic E-state index is 11.8. The molecule has 2 rings (SSSR count). The maximum atomic E-state index is 11.8. The molecule has 1 N–H and O–H groups in total. The van der Waals surface area contributed by atoms with Gasteiger partial charge >= 0.3 is 0 Å². The van der Waals surface area contributed by atoms with Gasteiger partial charge in [0.15, 0.2) is 4.34 Å². The number of fused-ring (bicyclic) bond motifs is 1. The van der Waals surface area contributed by atoms with Crippen LogP contribution in [0.5, 0.6) is 0 Å². The number of nitrogens with zero attached hydrogens (tertiary/aromatic N) is 1. The lowest BCUT2D eigenvalue weighted by molar-refractivity contribution is -0.118. The van der Waals surface area contributed by atoms with E-state index in [1.807, 2.05) is 24.3 Å². The van der Waals surface area contributed by atoms with Crippen molar-refractivity contribution >= 4 is 39.2 Å². The van der Waals surface area contributed by atoms with Crippen LogP contribution in [-0.2, 0) is 9.53 Å². The second kappa shape index (κ2) is 9.12. The molecule has 1 amide bonds. The third-order valence-corrected chi connectivity index (χ3v) is 5.19. The lowest BCUT2D eigenvalue weighted by Gasteiger charge is -2.07. The fourth-order valence-corrected chi connectivity index (χ4v) is 3.67. The Balaban J connectivity index is 1.61. The molecule has 0 fully saturated rings. The van der Waals surface area contributed by atoms with Gasteiger partial charge in [0.05, 0.1) is 22.6 Å². The van der Waals surface area contributed by atoms with Crippen molar-refractivity contribution in [1.82, 2.24) is 10.3 Å². The van der Waals surface area contributed by atoms with E-state index in [2.05, 4.69) is 24.1 Å². The summed E-state index contributed by atoms with van der Waals surface area (Å²) < 4.78 is 7.56. The Hall–Kier alpha value is -1.11. The average molecular weight is 338 g/mol. The first-order valence-corrected chi connectivity index (χ1v) is 9.28. The first kappa shape index (κ1) is 17.2. The van der Waals surface area contributed by atoms with E-state index in [1.54, 1.807) is 11.3 Å². The monoisotopic (exact) mass is 338 g/mol. The zero-order chi connectivity index (χ0) is 15.8. The van der Waals surface area contributed by atoms with Crippen molar-refractivity contribution < 1.29 is 9.53 Å². The normalized spacial score (nSPS) is 11.2. The molecule has 0 saturated carbocycles. The average Bonchev–Trinajstić information content (AvgIpc) is 2.91. The molecule has 6 heteroatoms. The molecular formula is C16H22N2O2S2. The summed E-state index contributed by atoms with van der Waals surface area (Å²) in [4.78, 5) is 16.3. The van der Waals surface area contributed by atoms with Crippen LogP contribution >= 0.6 is 23.1 Å². The second-order valence-corrected chi connectivity index (χ2v) is 7.63. The molecule has 1 aromatic heterocycles. The van der Waals surface area contributed by atoms with Crippen molar-refractivity contribution in [3.05, 3.63) is 24.3 Å². The van der Waals surface area contributed by atoms with E-state index in [0.717, 1.165) is 27.6 Å². The fourth-order valence-electron chi connectivity index (χ4n) is 1.77. The number of nitrogens with one attached hydrogen (secondary N) is 1. The van der Waals surface area contributed by atoms with Gasteiger partial charge in [-0.15, -0.1) is 11.3 Å². The molecule has 0 atom stereocenters. The van der Waals surface area contributed by atoms with Crippen LogP contribution in [0.4, 0.5) is 0 Å². The number of para-hydroxylation sites is 1. The van der Waals surface area contributed by atoms with E-state index in [1.165, 1.54) is 11.8 Å². The number of ether oxygens (including phenoxy) is 1. The Morgan fingerprint density at radius 1 is 1.36 bits per heavy atom. The highest BCUT2D eigenvalue weighted by molar-refractivity contribution is 8.01. The zero-order valence-electron chi connectivity index (χ0n) is 13.0. The van der Waals surface area contributed by atoms with Crippen molar-refractivity contribution in [2.24, 2.45) is 5.92 Å². The summed E-state index contributed by atoms with van der Waals surface area (Å²) in [5, 5.41) is 2.87. The van der Waals surface area contributed by atoms with Crippen LogP contribution in [0.2, 0.25) is 0 Å². The Bertz CT molecular complexity index is 566. The number of thioether (sulfide) groups is 1. The van der Waals surface area contributed by atoms with Gasteiger partial charge < -0.3 is 10.1 Å². The Kier molecular flexibility index (Phi) is 7.15. The Morgan fingerprint density at radius 2 is 2.18 bits per heavy atom. The molecule has 0 radical (unpaired) electrons.